The summed E-state index contributed by atoms with van der Waals surface area (Å²) in [4.78, 5) is 11.8. The predicted octanol–water partition coefficient (Wildman–Crippen LogP) is 4.31. The minimum Gasteiger partial charge on any atom is -0.497 e. The second-order valence-electron chi connectivity index (χ2n) is 6.96. The van der Waals surface area contributed by atoms with E-state index in [1.54, 1.807) is 45.6 Å². The van der Waals surface area contributed by atoms with Crippen molar-refractivity contribution < 1.29 is 28.5 Å². The van der Waals surface area contributed by atoms with E-state index in [4.69, 9.17) is 23.7 Å². The maximum absolute atomic E-state index is 11.8. The normalized spacial score (nSPS) is 9.56. The van der Waals surface area contributed by atoms with Crippen molar-refractivity contribution in [2.75, 3.05) is 35.5 Å². The summed E-state index contributed by atoms with van der Waals surface area (Å²) in [6.45, 7) is 0. The lowest BCUT2D eigenvalue weighted by Crippen LogP contribution is -2.04. The predicted molar refractivity (Wildman–Crippen MR) is 129 cm³/mol. The van der Waals surface area contributed by atoms with Gasteiger partial charge in [-0.25, -0.2) is 4.79 Å². The molecule has 34 heavy (non-hydrogen) atoms. The summed E-state index contributed by atoms with van der Waals surface area (Å²) in [5.41, 5.74) is 3.24. The highest BCUT2D eigenvalue weighted by atomic mass is 16.5. The van der Waals surface area contributed by atoms with Crippen molar-refractivity contribution in [3.05, 3.63) is 82.4 Å². The standard InChI is InChI=1S/C28H24O6/c1-30-23-13-20(7-6-19-10-11-26(28(29)34-5)27(17-19)33-4)12-21(14-23)8-9-22-15-24(31-2)18-25(16-22)32-3/h10-18H,1-5H3. The van der Waals surface area contributed by atoms with Gasteiger partial charge >= 0.3 is 5.97 Å². The van der Waals surface area contributed by atoms with Crippen molar-refractivity contribution in [1.82, 2.24) is 0 Å². The van der Waals surface area contributed by atoms with Crippen molar-refractivity contribution in [2.45, 2.75) is 0 Å². The molecule has 0 radical (unpaired) electrons. The van der Waals surface area contributed by atoms with Crippen LogP contribution in [0.2, 0.25) is 0 Å². The third kappa shape index (κ3) is 6.03. The summed E-state index contributed by atoms with van der Waals surface area (Å²) >= 11 is 0. The van der Waals surface area contributed by atoms with E-state index in [9.17, 15) is 4.79 Å². The molecule has 0 aliphatic heterocycles. The lowest BCUT2D eigenvalue weighted by atomic mass is 10.1. The van der Waals surface area contributed by atoms with Crippen LogP contribution in [0, 0.1) is 23.7 Å². The lowest BCUT2D eigenvalue weighted by Gasteiger charge is -2.06. The molecule has 0 amide bonds. The zero-order chi connectivity index (χ0) is 24.5. The van der Waals surface area contributed by atoms with E-state index in [0.29, 0.717) is 34.1 Å². The average Bonchev–Trinajstić information content (AvgIpc) is 2.89. The van der Waals surface area contributed by atoms with Gasteiger partial charge in [-0.15, -0.1) is 0 Å². The Kier molecular flexibility index (Phi) is 8.05. The van der Waals surface area contributed by atoms with Crippen LogP contribution in [0.25, 0.3) is 0 Å². The first-order valence-electron chi connectivity index (χ1n) is 10.2. The molecule has 0 saturated heterocycles. The van der Waals surface area contributed by atoms with Crippen molar-refractivity contribution in [1.29, 1.82) is 0 Å². The molecule has 0 N–H and O–H groups in total. The third-order valence-corrected chi connectivity index (χ3v) is 4.80. The third-order valence-electron chi connectivity index (χ3n) is 4.80. The fourth-order valence-electron chi connectivity index (χ4n) is 3.08. The minimum absolute atomic E-state index is 0.337. The molecule has 3 aromatic carbocycles. The number of hydrogen-bond acceptors (Lipinski definition) is 6. The van der Waals surface area contributed by atoms with E-state index in [1.165, 1.54) is 14.2 Å². The fourth-order valence-corrected chi connectivity index (χ4v) is 3.08. The number of rotatable bonds is 5. The van der Waals surface area contributed by atoms with Crippen LogP contribution in [0.15, 0.2) is 54.6 Å². The molecule has 0 fully saturated rings. The van der Waals surface area contributed by atoms with Crippen LogP contribution in [0.5, 0.6) is 23.0 Å². The van der Waals surface area contributed by atoms with E-state index < -0.39 is 5.97 Å². The Labute approximate surface area is 199 Å². The van der Waals surface area contributed by atoms with Gasteiger partial charge in [-0.05, 0) is 48.5 Å². The number of benzene rings is 3. The maximum Gasteiger partial charge on any atom is 0.341 e. The highest BCUT2D eigenvalue weighted by Gasteiger charge is 2.12. The van der Waals surface area contributed by atoms with Crippen molar-refractivity contribution in [3.63, 3.8) is 0 Å². The Bertz CT molecular complexity index is 1300. The van der Waals surface area contributed by atoms with Crippen LogP contribution in [0.4, 0.5) is 0 Å². The second-order valence-corrected chi connectivity index (χ2v) is 6.96. The molecular formula is C28H24O6. The molecular weight excluding hydrogens is 432 g/mol. The first-order chi connectivity index (χ1) is 16.5. The average molecular weight is 456 g/mol. The van der Waals surface area contributed by atoms with E-state index in [-0.39, 0.29) is 0 Å². The highest BCUT2D eigenvalue weighted by molar-refractivity contribution is 5.92. The lowest BCUT2D eigenvalue weighted by molar-refractivity contribution is 0.0597. The second kappa shape index (κ2) is 11.4. The molecule has 3 rings (SSSR count). The molecule has 0 spiro atoms. The molecule has 0 atom stereocenters. The fraction of sp³-hybridized carbons (Fsp3) is 0.179. The summed E-state index contributed by atoms with van der Waals surface area (Å²) in [6, 6.07) is 16.0. The van der Waals surface area contributed by atoms with Crippen LogP contribution >= 0.6 is 0 Å². The molecule has 0 aliphatic rings. The van der Waals surface area contributed by atoms with Gasteiger partial charge < -0.3 is 23.7 Å². The van der Waals surface area contributed by atoms with Gasteiger partial charge in [0, 0.05) is 28.3 Å². The van der Waals surface area contributed by atoms with Crippen LogP contribution in [0.3, 0.4) is 0 Å². The number of carbonyl (C=O) groups is 1. The Morgan fingerprint density at radius 3 is 1.50 bits per heavy atom. The van der Waals surface area contributed by atoms with Gasteiger partial charge in [-0.3, -0.25) is 0 Å². The molecule has 0 aliphatic carbocycles. The highest BCUT2D eigenvalue weighted by Crippen LogP contribution is 2.23. The first kappa shape index (κ1) is 24.1. The van der Waals surface area contributed by atoms with Gasteiger partial charge in [-0.1, -0.05) is 23.7 Å². The van der Waals surface area contributed by atoms with Gasteiger partial charge in [0.05, 0.1) is 35.5 Å². The topological polar surface area (TPSA) is 63.2 Å². The largest absolute Gasteiger partial charge is 0.497 e. The zero-order valence-electron chi connectivity index (χ0n) is 19.6. The van der Waals surface area contributed by atoms with Gasteiger partial charge in [0.15, 0.2) is 0 Å². The van der Waals surface area contributed by atoms with Gasteiger partial charge in [0.1, 0.15) is 28.6 Å². The summed E-state index contributed by atoms with van der Waals surface area (Å²) in [5.74, 6) is 14.3. The number of carbonyl (C=O) groups excluding carboxylic acids is 1. The maximum atomic E-state index is 11.8. The summed E-state index contributed by atoms with van der Waals surface area (Å²) < 4.78 is 26.1. The molecule has 0 heterocycles. The van der Waals surface area contributed by atoms with Crippen molar-refractivity contribution >= 4 is 5.97 Å². The SMILES string of the molecule is COC(=O)c1ccc(C#Cc2cc(C#Cc3cc(OC)cc(OC)c3)cc(OC)c2)cc1OC. The Hall–Kier alpha value is -4.55. The molecule has 0 bridgehead atoms. The Morgan fingerprint density at radius 1 is 0.559 bits per heavy atom. The van der Waals surface area contributed by atoms with Crippen LogP contribution in [0.1, 0.15) is 32.6 Å². The number of hydrogen-bond donors (Lipinski definition) is 0. The number of ether oxygens (including phenoxy) is 5. The smallest absolute Gasteiger partial charge is 0.341 e. The zero-order valence-corrected chi connectivity index (χ0v) is 19.6. The molecule has 6 nitrogen and oxygen atoms in total. The van der Waals surface area contributed by atoms with E-state index >= 15 is 0 Å². The van der Waals surface area contributed by atoms with E-state index in [0.717, 1.165) is 16.7 Å². The minimum atomic E-state index is -0.471. The summed E-state index contributed by atoms with van der Waals surface area (Å²) in [5, 5.41) is 0. The van der Waals surface area contributed by atoms with Crippen molar-refractivity contribution in [3.8, 4) is 46.7 Å². The van der Waals surface area contributed by atoms with Gasteiger partial charge in [0.25, 0.3) is 0 Å². The quantitative estimate of drug-likeness (QED) is 0.421. The molecule has 172 valence electrons. The van der Waals surface area contributed by atoms with E-state index in [1.807, 2.05) is 30.3 Å². The van der Waals surface area contributed by atoms with Gasteiger partial charge in [0.2, 0.25) is 0 Å². The molecule has 3 aromatic rings. The van der Waals surface area contributed by atoms with Crippen LogP contribution < -0.4 is 18.9 Å². The Balaban J connectivity index is 1.94. The molecule has 0 unspecified atom stereocenters. The molecule has 6 heteroatoms. The van der Waals surface area contributed by atoms with Gasteiger partial charge in [-0.2, -0.15) is 0 Å². The monoisotopic (exact) mass is 456 g/mol. The summed E-state index contributed by atoms with van der Waals surface area (Å²) in [6.07, 6.45) is 0. The van der Waals surface area contributed by atoms with Crippen LogP contribution in [-0.2, 0) is 4.74 Å². The first-order valence-corrected chi connectivity index (χ1v) is 10.2. The van der Waals surface area contributed by atoms with E-state index in [2.05, 4.69) is 23.7 Å². The Morgan fingerprint density at radius 2 is 1.03 bits per heavy atom. The van der Waals surface area contributed by atoms with Crippen LogP contribution in [-0.4, -0.2) is 41.5 Å². The molecule has 0 saturated carbocycles. The van der Waals surface area contributed by atoms with Crippen molar-refractivity contribution in [2.24, 2.45) is 0 Å². The summed E-state index contributed by atoms with van der Waals surface area (Å²) in [7, 11) is 7.59. The molecule has 0 aromatic heterocycles. The number of esters is 1. The number of methoxy groups -OCH3 is 5.